The summed E-state index contributed by atoms with van der Waals surface area (Å²) < 4.78 is 41.1. The van der Waals surface area contributed by atoms with E-state index in [4.69, 9.17) is 9.47 Å². The number of aryl methyl sites for hydroxylation is 2. The number of amides is 1. The third-order valence-electron chi connectivity index (χ3n) is 9.10. The van der Waals surface area contributed by atoms with E-state index < -0.39 is 16.1 Å². The second-order valence-corrected chi connectivity index (χ2v) is 13.8. The van der Waals surface area contributed by atoms with E-state index in [1.807, 2.05) is 23.1 Å². The summed E-state index contributed by atoms with van der Waals surface area (Å²) in [7, 11) is -2.25. The molecule has 9 heteroatoms. The number of piperidine rings is 1. The molecule has 41 heavy (non-hydrogen) atoms. The van der Waals surface area contributed by atoms with E-state index in [-0.39, 0.29) is 25.7 Å². The molecule has 2 fully saturated rings. The van der Waals surface area contributed by atoms with Crippen LogP contribution in [0, 0.1) is 19.8 Å². The Morgan fingerprint density at radius 2 is 1.63 bits per heavy atom. The number of fused-ring (bicyclic) bond motifs is 1. The van der Waals surface area contributed by atoms with Gasteiger partial charge in [-0.05, 0) is 112 Å². The largest absolute Gasteiger partial charge is 0.497 e. The van der Waals surface area contributed by atoms with Gasteiger partial charge in [-0.3, -0.25) is 4.79 Å². The number of ether oxygens (including phenoxy) is 2. The van der Waals surface area contributed by atoms with Gasteiger partial charge in [0, 0.05) is 19.6 Å². The monoisotopic (exact) mass is 583 g/mol. The van der Waals surface area contributed by atoms with Crippen molar-refractivity contribution >= 4 is 15.9 Å². The summed E-state index contributed by atoms with van der Waals surface area (Å²) in [6.45, 7) is 9.24. The lowest BCUT2D eigenvalue weighted by molar-refractivity contribution is -0.138. The first kappa shape index (κ1) is 30.0. The van der Waals surface area contributed by atoms with Crippen molar-refractivity contribution in [2.75, 3.05) is 53.0 Å². The van der Waals surface area contributed by atoms with Crippen LogP contribution in [0.2, 0.25) is 0 Å². The highest BCUT2D eigenvalue weighted by Crippen LogP contribution is 2.34. The maximum absolute atomic E-state index is 14.1. The first-order valence-electron chi connectivity index (χ1n) is 15.1. The van der Waals surface area contributed by atoms with Crippen LogP contribution in [-0.2, 0) is 32.5 Å². The summed E-state index contributed by atoms with van der Waals surface area (Å²) in [5.41, 5.74) is 3.43. The molecule has 0 spiro atoms. The van der Waals surface area contributed by atoms with Crippen molar-refractivity contribution in [3.8, 4) is 5.75 Å². The van der Waals surface area contributed by atoms with Gasteiger partial charge in [0.15, 0.2) is 0 Å². The molecular weight excluding hydrogens is 538 g/mol. The second kappa shape index (κ2) is 13.2. The molecular formula is C32H45N3O5S. The average molecular weight is 584 g/mol. The Kier molecular flexibility index (Phi) is 9.69. The Balaban J connectivity index is 1.21. The summed E-state index contributed by atoms with van der Waals surface area (Å²) in [5, 5.41) is 0. The van der Waals surface area contributed by atoms with Gasteiger partial charge in [-0.25, -0.2) is 8.42 Å². The van der Waals surface area contributed by atoms with Crippen LogP contribution in [0.15, 0.2) is 41.3 Å². The standard InChI is InChI=1S/C32H45N3O5S/c1-24-18-30(39-3)19-25(2)32(24)41(37,38)35-21-28-9-5-4-8-27(28)20-29(35)22-40-23-31(36)34-16-11-26(12-17-34)10-15-33-13-6-7-14-33/h4-5,8-9,18-19,26,29H,6-7,10-17,20-23H2,1-3H3. The molecule has 2 aromatic rings. The SMILES string of the molecule is COc1cc(C)c(S(=O)(=O)N2Cc3ccccc3CC2COCC(=O)N2CCC(CCN3CCCC3)CC2)c(C)c1. The first-order chi connectivity index (χ1) is 19.8. The maximum Gasteiger partial charge on any atom is 0.248 e. The van der Waals surface area contributed by atoms with Crippen LogP contribution in [0.3, 0.4) is 0 Å². The van der Waals surface area contributed by atoms with Crippen molar-refractivity contribution in [3.05, 3.63) is 58.7 Å². The minimum Gasteiger partial charge on any atom is -0.497 e. The van der Waals surface area contributed by atoms with Crippen molar-refractivity contribution in [2.45, 2.75) is 69.9 Å². The van der Waals surface area contributed by atoms with Crippen LogP contribution in [0.1, 0.15) is 54.4 Å². The van der Waals surface area contributed by atoms with Crippen LogP contribution in [0.5, 0.6) is 5.75 Å². The molecule has 2 saturated heterocycles. The zero-order valence-corrected chi connectivity index (χ0v) is 25.6. The van der Waals surface area contributed by atoms with E-state index in [1.54, 1.807) is 37.4 Å². The van der Waals surface area contributed by atoms with Gasteiger partial charge in [0.05, 0.1) is 24.7 Å². The van der Waals surface area contributed by atoms with E-state index in [2.05, 4.69) is 11.0 Å². The van der Waals surface area contributed by atoms with Gasteiger partial charge in [0.2, 0.25) is 15.9 Å². The predicted octanol–water partition coefficient (Wildman–Crippen LogP) is 4.17. The number of benzene rings is 2. The number of carbonyl (C=O) groups is 1. The molecule has 0 radical (unpaired) electrons. The highest BCUT2D eigenvalue weighted by molar-refractivity contribution is 7.89. The Bertz CT molecular complexity index is 1290. The summed E-state index contributed by atoms with van der Waals surface area (Å²) in [4.78, 5) is 17.8. The van der Waals surface area contributed by atoms with Crippen LogP contribution >= 0.6 is 0 Å². The predicted molar refractivity (Wildman–Crippen MR) is 160 cm³/mol. The van der Waals surface area contributed by atoms with E-state index in [9.17, 15) is 13.2 Å². The zero-order chi connectivity index (χ0) is 29.0. The number of hydrogen-bond acceptors (Lipinski definition) is 6. The van der Waals surface area contributed by atoms with Gasteiger partial charge in [0.1, 0.15) is 12.4 Å². The van der Waals surface area contributed by atoms with Crippen molar-refractivity contribution in [1.82, 2.24) is 14.1 Å². The van der Waals surface area contributed by atoms with Gasteiger partial charge in [0.25, 0.3) is 0 Å². The van der Waals surface area contributed by atoms with Gasteiger partial charge < -0.3 is 19.3 Å². The summed E-state index contributed by atoms with van der Waals surface area (Å²) >= 11 is 0. The molecule has 1 amide bonds. The number of rotatable bonds is 10. The number of likely N-dealkylation sites (tertiary alicyclic amines) is 2. The molecule has 0 N–H and O–H groups in total. The fraction of sp³-hybridized carbons (Fsp3) is 0.594. The highest BCUT2D eigenvalue weighted by atomic mass is 32.2. The number of nitrogens with zero attached hydrogens (tertiary/aromatic N) is 3. The Labute approximate surface area is 245 Å². The minimum absolute atomic E-state index is 0.00421. The Morgan fingerprint density at radius 3 is 2.29 bits per heavy atom. The Morgan fingerprint density at radius 1 is 0.976 bits per heavy atom. The van der Waals surface area contributed by atoms with E-state index in [0.29, 0.717) is 34.1 Å². The normalized spacial score (nSPS) is 20.8. The minimum atomic E-state index is -3.83. The van der Waals surface area contributed by atoms with Crippen LogP contribution in [0.25, 0.3) is 0 Å². The summed E-state index contributed by atoms with van der Waals surface area (Å²) in [6, 6.07) is 11.1. The van der Waals surface area contributed by atoms with Crippen molar-refractivity contribution in [2.24, 2.45) is 5.92 Å². The van der Waals surface area contributed by atoms with Gasteiger partial charge in [-0.2, -0.15) is 4.31 Å². The fourth-order valence-corrected chi connectivity index (χ4v) is 8.76. The topological polar surface area (TPSA) is 79.4 Å². The lowest BCUT2D eigenvalue weighted by Gasteiger charge is -2.37. The van der Waals surface area contributed by atoms with E-state index in [1.165, 1.54) is 38.9 Å². The second-order valence-electron chi connectivity index (χ2n) is 11.9. The Hall–Kier alpha value is -2.46. The molecule has 3 aliphatic heterocycles. The summed E-state index contributed by atoms with van der Waals surface area (Å²) in [5.74, 6) is 1.32. The van der Waals surface area contributed by atoms with Crippen LogP contribution in [0.4, 0.5) is 0 Å². The van der Waals surface area contributed by atoms with E-state index in [0.717, 1.165) is 37.1 Å². The fourth-order valence-electron chi connectivity index (χ4n) is 6.76. The third-order valence-corrected chi connectivity index (χ3v) is 11.3. The molecule has 0 bridgehead atoms. The van der Waals surface area contributed by atoms with Gasteiger partial charge in [-0.15, -0.1) is 0 Å². The molecule has 3 aliphatic rings. The van der Waals surface area contributed by atoms with Crippen LogP contribution in [-0.4, -0.2) is 87.5 Å². The molecule has 3 heterocycles. The molecule has 2 aromatic carbocycles. The average Bonchev–Trinajstić information content (AvgIpc) is 3.49. The third kappa shape index (κ3) is 6.96. The van der Waals surface area contributed by atoms with Crippen LogP contribution < -0.4 is 4.74 Å². The molecule has 0 aliphatic carbocycles. The lowest BCUT2D eigenvalue weighted by atomic mass is 9.93. The summed E-state index contributed by atoms with van der Waals surface area (Å²) in [6.07, 6.45) is 6.51. The van der Waals surface area contributed by atoms with Gasteiger partial charge in [-0.1, -0.05) is 24.3 Å². The number of sulfonamides is 1. The molecule has 224 valence electrons. The smallest absolute Gasteiger partial charge is 0.248 e. The van der Waals surface area contributed by atoms with Crippen molar-refractivity contribution in [1.29, 1.82) is 0 Å². The molecule has 1 atom stereocenters. The number of carbonyl (C=O) groups excluding carboxylic acids is 1. The van der Waals surface area contributed by atoms with Gasteiger partial charge >= 0.3 is 0 Å². The molecule has 1 unspecified atom stereocenters. The molecule has 0 aromatic heterocycles. The van der Waals surface area contributed by atoms with E-state index >= 15 is 0 Å². The highest BCUT2D eigenvalue weighted by Gasteiger charge is 2.37. The molecule has 0 saturated carbocycles. The molecule has 5 rings (SSSR count). The lowest BCUT2D eigenvalue weighted by Crippen LogP contribution is -2.47. The molecule has 8 nitrogen and oxygen atoms in total. The van der Waals surface area contributed by atoms with Crippen molar-refractivity contribution < 1.29 is 22.7 Å². The first-order valence-corrected chi connectivity index (χ1v) is 16.5. The maximum atomic E-state index is 14.1. The number of methoxy groups -OCH3 is 1. The number of hydrogen-bond donors (Lipinski definition) is 0. The van der Waals surface area contributed by atoms with Crippen molar-refractivity contribution in [3.63, 3.8) is 0 Å². The quantitative estimate of drug-likeness (QED) is 0.418. The zero-order valence-electron chi connectivity index (χ0n) is 24.8.